The molecule has 6 heteroatoms. The highest BCUT2D eigenvalue weighted by Gasteiger charge is 2.13. The minimum Gasteiger partial charge on any atom is -0.462 e. The molecule has 0 aromatic heterocycles. The van der Waals surface area contributed by atoms with Crippen LogP contribution in [0.1, 0.15) is 46.9 Å². The maximum Gasteiger partial charge on any atom is 0.343 e. The molecule has 0 unspecified atom stereocenters. The van der Waals surface area contributed by atoms with Crippen molar-refractivity contribution >= 4 is 11.9 Å². The molecule has 0 aliphatic heterocycles. The van der Waals surface area contributed by atoms with Crippen molar-refractivity contribution in [3.8, 4) is 5.75 Å². The Morgan fingerprint density at radius 3 is 2.00 bits per heavy atom. The number of rotatable bonds is 7. The second-order valence-electron chi connectivity index (χ2n) is 5.42. The van der Waals surface area contributed by atoms with Crippen molar-refractivity contribution in [2.45, 2.75) is 26.2 Å². The quantitative estimate of drug-likeness (QED) is 0.419. The van der Waals surface area contributed by atoms with Crippen molar-refractivity contribution < 1.29 is 27.8 Å². The fraction of sp³-hybridized carbons (Fsp3) is 0.263. The van der Waals surface area contributed by atoms with Crippen LogP contribution < -0.4 is 4.74 Å². The number of halogens is 2. The van der Waals surface area contributed by atoms with Crippen LogP contribution in [-0.2, 0) is 4.74 Å². The molecule has 25 heavy (non-hydrogen) atoms. The average Bonchev–Trinajstić information content (AvgIpc) is 2.57. The number of carbonyl (C=O) groups is 2. The monoisotopic (exact) mass is 348 g/mol. The van der Waals surface area contributed by atoms with Crippen LogP contribution in [0.25, 0.3) is 0 Å². The third kappa shape index (κ3) is 5.67. The highest BCUT2D eigenvalue weighted by molar-refractivity contribution is 5.94. The minimum atomic E-state index is -0.844. The Morgan fingerprint density at radius 1 is 0.880 bits per heavy atom. The van der Waals surface area contributed by atoms with Gasteiger partial charge in [-0.25, -0.2) is 18.4 Å². The Kier molecular flexibility index (Phi) is 6.62. The second kappa shape index (κ2) is 8.92. The Morgan fingerprint density at radius 2 is 1.44 bits per heavy atom. The number of ether oxygens (including phenoxy) is 2. The number of benzene rings is 2. The summed E-state index contributed by atoms with van der Waals surface area (Å²) in [6.07, 6.45) is 2.82. The molecule has 0 aliphatic carbocycles. The maximum atomic E-state index is 13.1. The van der Waals surface area contributed by atoms with Gasteiger partial charge in [-0.05, 0) is 30.7 Å². The molecular weight excluding hydrogens is 330 g/mol. The normalized spacial score (nSPS) is 10.4. The van der Waals surface area contributed by atoms with Crippen molar-refractivity contribution in [3.05, 3.63) is 65.2 Å². The van der Waals surface area contributed by atoms with Crippen LogP contribution in [0.15, 0.2) is 42.5 Å². The van der Waals surface area contributed by atoms with Gasteiger partial charge < -0.3 is 9.47 Å². The van der Waals surface area contributed by atoms with Gasteiger partial charge in [-0.15, -0.1) is 0 Å². The highest BCUT2D eigenvalue weighted by Crippen LogP contribution is 2.17. The third-order valence-electron chi connectivity index (χ3n) is 3.38. The lowest BCUT2D eigenvalue weighted by Gasteiger charge is -2.06. The summed E-state index contributed by atoms with van der Waals surface area (Å²) in [7, 11) is 0. The molecular formula is C19H18F2O4. The zero-order valence-corrected chi connectivity index (χ0v) is 13.8. The number of unbranched alkanes of at least 4 members (excludes halogenated alkanes) is 2. The summed E-state index contributed by atoms with van der Waals surface area (Å²) in [5.74, 6) is -3.18. The number of hydrogen-bond donors (Lipinski definition) is 0. The molecule has 0 radical (unpaired) electrons. The Hall–Kier alpha value is -2.76. The van der Waals surface area contributed by atoms with Gasteiger partial charge in [-0.2, -0.15) is 0 Å². The van der Waals surface area contributed by atoms with Gasteiger partial charge in [0.15, 0.2) is 0 Å². The predicted molar refractivity (Wildman–Crippen MR) is 87.6 cm³/mol. The van der Waals surface area contributed by atoms with Gasteiger partial charge in [0.1, 0.15) is 17.4 Å². The molecule has 0 aliphatic rings. The lowest BCUT2D eigenvalue weighted by molar-refractivity contribution is 0.0497. The zero-order chi connectivity index (χ0) is 18.2. The molecule has 2 rings (SSSR count). The summed E-state index contributed by atoms with van der Waals surface area (Å²) >= 11 is 0. The fourth-order valence-corrected chi connectivity index (χ4v) is 2.10. The number of carbonyl (C=O) groups excluding carboxylic acids is 2. The van der Waals surface area contributed by atoms with E-state index in [-0.39, 0.29) is 11.3 Å². The van der Waals surface area contributed by atoms with E-state index in [0.29, 0.717) is 18.2 Å². The first-order valence-electron chi connectivity index (χ1n) is 7.95. The Balaban J connectivity index is 1.96. The topological polar surface area (TPSA) is 52.6 Å². The summed E-state index contributed by atoms with van der Waals surface area (Å²) in [5.41, 5.74) is 0.456. The van der Waals surface area contributed by atoms with E-state index in [0.717, 1.165) is 31.4 Å². The van der Waals surface area contributed by atoms with Gasteiger partial charge in [0, 0.05) is 18.2 Å². The molecule has 0 saturated carbocycles. The average molecular weight is 348 g/mol. The second-order valence-corrected chi connectivity index (χ2v) is 5.42. The van der Waals surface area contributed by atoms with Gasteiger partial charge in [0.05, 0.1) is 17.7 Å². The third-order valence-corrected chi connectivity index (χ3v) is 3.38. The molecule has 2 aromatic carbocycles. The lowest BCUT2D eigenvalue weighted by Crippen LogP contribution is -2.10. The Labute approximate surface area is 144 Å². The minimum absolute atomic E-state index is 0.146. The number of hydrogen-bond acceptors (Lipinski definition) is 4. The fourth-order valence-electron chi connectivity index (χ4n) is 2.10. The first-order chi connectivity index (χ1) is 12.0. The zero-order valence-electron chi connectivity index (χ0n) is 13.8. The largest absolute Gasteiger partial charge is 0.462 e. The molecule has 2 aromatic rings. The van der Waals surface area contributed by atoms with Crippen LogP contribution in [0.5, 0.6) is 5.75 Å². The summed E-state index contributed by atoms with van der Waals surface area (Å²) in [4.78, 5) is 23.8. The smallest absolute Gasteiger partial charge is 0.343 e. The summed E-state index contributed by atoms with van der Waals surface area (Å²) in [5, 5.41) is 0. The van der Waals surface area contributed by atoms with E-state index >= 15 is 0 Å². The maximum absolute atomic E-state index is 13.1. The lowest BCUT2D eigenvalue weighted by atomic mass is 10.1. The van der Waals surface area contributed by atoms with Crippen LogP contribution in [0, 0.1) is 11.6 Å². The van der Waals surface area contributed by atoms with E-state index in [1.165, 1.54) is 24.3 Å². The molecule has 0 fully saturated rings. The molecule has 4 nitrogen and oxygen atoms in total. The van der Waals surface area contributed by atoms with Crippen LogP contribution in [-0.4, -0.2) is 18.5 Å². The van der Waals surface area contributed by atoms with E-state index in [1.807, 2.05) is 0 Å². The van der Waals surface area contributed by atoms with Crippen LogP contribution in [0.3, 0.4) is 0 Å². The molecule has 0 saturated heterocycles. The number of esters is 2. The van der Waals surface area contributed by atoms with Gasteiger partial charge in [-0.3, -0.25) is 0 Å². The predicted octanol–water partition coefficient (Wildman–Crippen LogP) is 4.53. The summed E-state index contributed by atoms with van der Waals surface area (Å²) in [6, 6.07) is 8.14. The van der Waals surface area contributed by atoms with Crippen molar-refractivity contribution in [3.63, 3.8) is 0 Å². The molecule has 0 spiro atoms. The standard InChI is InChI=1S/C19H18F2O4/c1-2-3-4-9-24-18(22)13-5-7-14(8-6-13)19(23)25-17-11-15(20)10-16(21)12-17/h5-8,10-12H,2-4,9H2,1H3. The molecule has 132 valence electrons. The van der Waals surface area contributed by atoms with Crippen LogP contribution >= 0.6 is 0 Å². The molecule has 0 N–H and O–H groups in total. The van der Waals surface area contributed by atoms with E-state index in [9.17, 15) is 18.4 Å². The van der Waals surface area contributed by atoms with E-state index < -0.39 is 23.6 Å². The van der Waals surface area contributed by atoms with E-state index in [2.05, 4.69) is 6.92 Å². The first-order valence-corrected chi connectivity index (χ1v) is 7.95. The highest BCUT2D eigenvalue weighted by atomic mass is 19.1. The van der Waals surface area contributed by atoms with Crippen molar-refractivity contribution in [1.82, 2.24) is 0 Å². The van der Waals surface area contributed by atoms with E-state index in [1.54, 1.807) is 0 Å². The van der Waals surface area contributed by atoms with Crippen LogP contribution in [0.4, 0.5) is 8.78 Å². The first kappa shape index (κ1) is 18.6. The molecule has 0 amide bonds. The summed E-state index contributed by atoms with van der Waals surface area (Å²) < 4.78 is 36.2. The molecule has 0 heterocycles. The van der Waals surface area contributed by atoms with Gasteiger partial charge in [0.2, 0.25) is 0 Å². The van der Waals surface area contributed by atoms with Gasteiger partial charge in [0.25, 0.3) is 0 Å². The van der Waals surface area contributed by atoms with E-state index in [4.69, 9.17) is 9.47 Å². The Bertz CT molecular complexity index is 721. The summed E-state index contributed by atoms with van der Waals surface area (Å²) in [6.45, 7) is 2.40. The van der Waals surface area contributed by atoms with Crippen LogP contribution in [0.2, 0.25) is 0 Å². The SMILES string of the molecule is CCCCCOC(=O)c1ccc(C(=O)Oc2cc(F)cc(F)c2)cc1. The van der Waals surface area contributed by atoms with Gasteiger partial charge >= 0.3 is 11.9 Å². The van der Waals surface area contributed by atoms with Crippen molar-refractivity contribution in [1.29, 1.82) is 0 Å². The van der Waals surface area contributed by atoms with Crippen molar-refractivity contribution in [2.24, 2.45) is 0 Å². The van der Waals surface area contributed by atoms with Gasteiger partial charge in [-0.1, -0.05) is 19.8 Å². The van der Waals surface area contributed by atoms with Crippen molar-refractivity contribution in [2.75, 3.05) is 6.61 Å². The molecule has 0 bridgehead atoms. The molecule has 0 atom stereocenters.